The number of furan rings is 1. The van der Waals surface area contributed by atoms with E-state index in [1.807, 2.05) is 23.5 Å². The average molecular weight is 492 g/mol. The minimum atomic E-state index is 0.896. The second-order valence-corrected chi connectivity index (χ2v) is 10.4. The van der Waals surface area contributed by atoms with E-state index in [-0.39, 0.29) is 0 Å². The molecule has 0 fully saturated rings. The van der Waals surface area contributed by atoms with Crippen LogP contribution < -0.4 is 4.90 Å². The molecule has 8 rings (SSSR count). The van der Waals surface area contributed by atoms with E-state index >= 15 is 0 Å². The predicted molar refractivity (Wildman–Crippen MR) is 159 cm³/mol. The fourth-order valence-electron chi connectivity index (χ4n) is 5.65. The van der Waals surface area contributed by atoms with Crippen molar-refractivity contribution in [2.45, 2.75) is 0 Å². The summed E-state index contributed by atoms with van der Waals surface area (Å²) in [5.74, 6) is 0. The van der Waals surface area contributed by atoms with Crippen molar-refractivity contribution in [2.24, 2.45) is 0 Å². The molecule has 0 spiro atoms. The highest BCUT2D eigenvalue weighted by atomic mass is 32.1. The van der Waals surface area contributed by atoms with Crippen LogP contribution in [-0.4, -0.2) is 0 Å². The summed E-state index contributed by atoms with van der Waals surface area (Å²) in [5.41, 5.74) is 5.20. The zero-order valence-corrected chi connectivity index (χ0v) is 20.7. The fraction of sp³-hybridized carbons (Fsp3) is 0. The Kier molecular flexibility index (Phi) is 4.42. The Morgan fingerprint density at radius 2 is 1.19 bits per heavy atom. The van der Waals surface area contributed by atoms with E-state index in [1.165, 1.54) is 36.6 Å². The summed E-state index contributed by atoms with van der Waals surface area (Å²) in [6.07, 6.45) is 0. The van der Waals surface area contributed by atoms with Crippen LogP contribution in [0.15, 0.2) is 132 Å². The molecular weight excluding hydrogens is 470 g/mol. The third-order valence-electron chi connectivity index (χ3n) is 7.24. The molecule has 37 heavy (non-hydrogen) atoms. The molecular formula is C34H21NOS. The summed E-state index contributed by atoms with van der Waals surface area (Å²) in [7, 11) is 0. The van der Waals surface area contributed by atoms with Crippen LogP contribution >= 0.6 is 11.3 Å². The minimum absolute atomic E-state index is 0.896. The van der Waals surface area contributed by atoms with Crippen molar-refractivity contribution in [1.29, 1.82) is 0 Å². The normalized spacial score (nSPS) is 11.8. The van der Waals surface area contributed by atoms with Crippen LogP contribution in [0.4, 0.5) is 17.1 Å². The first-order valence-electron chi connectivity index (χ1n) is 12.5. The number of thiophene rings is 1. The molecule has 0 saturated heterocycles. The van der Waals surface area contributed by atoms with E-state index in [2.05, 4.69) is 120 Å². The molecule has 2 aromatic heterocycles. The first-order chi connectivity index (χ1) is 18.4. The van der Waals surface area contributed by atoms with Gasteiger partial charge in [0.25, 0.3) is 0 Å². The highest BCUT2D eigenvalue weighted by Crippen LogP contribution is 2.48. The molecule has 0 N–H and O–H groups in total. The number of hydrogen-bond acceptors (Lipinski definition) is 3. The summed E-state index contributed by atoms with van der Waals surface area (Å²) < 4.78 is 8.90. The number of nitrogens with zero attached hydrogens (tertiary/aromatic N) is 1. The van der Waals surface area contributed by atoms with E-state index in [0.717, 1.165) is 33.3 Å². The number of rotatable bonds is 3. The Labute approximate surface area is 217 Å². The van der Waals surface area contributed by atoms with Gasteiger partial charge >= 0.3 is 0 Å². The summed E-state index contributed by atoms with van der Waals surface area (Å²) in [5, 5.41) is 7.41. The van der Waals surface area contributed by atoms with E-state index in [1.54, 1.807) is 0 Å². The molecule has 3 heteroatoms. The number of hydrogen-bond donors (Lipinski definition) is 0. The largest absolute Gasteiger partial charge is 0.456 e. The summed E-state index contributed by atoms with van der Waals surface area (Å²) in [4.78, 5) is 2.40. The quantitative estimate of drug-likeness (QED) is 0.244. The van der Waals surface area contributed by atoms with Crippen molar-refractivity contribution < 1.29 is 4.42 Å². The molecule has 0 atom stereocenters. The second kappa shape index (κ2) is 7.95. The first-order valence-corrected chi connectivity index (χ1v) is 13.3. The lowest BCUT2D eigenvalue weighted by Gasteiger charge is -2.27. The lowest BCUT2D eigenvalue weighted by molar-refractivity contribution is 0.669. The van der Waals surface area contributed by atoms with Gasteiger partial charge in [-0.2, -0.15) is 0 Å². The van der Waals surface area contributed by atoms with Crippen molar-refractivity contribution >= 4 is 81.3 Å². The van der Waals surface area contributed by atoms with E-state index in [9.17, 15) is 0 Å². The lowest BCUT2D eigenvalue weighted by atomic mass is 10.0. The van der Waals surface area contributed by atoms with Gasteiger partial charge in [0.15, 0.2) is 0 Å². The number of fused-ring (bicyclic) bond motifs is 8. The lowest BCUT2D eigenvalue weighted by Crippen LogP contribution is -2.10. The van der Waals surface area contributed by atoms with E-state index in [4.69, 9.17) is 4.42 Å². The van der Waals surface area contributed by atoms with Gasteiger partial charge < -0.3 is 9.32 Å². The maximum Gasteiger partial charge on any atom is 0.137 e. The summed E-state index contributed by atoms with van der Waals surface area (Å²) in [6, 6.07) is 45.2. The Morgan fingerprint density at radius 3 is 2.08 bits per heavy atom. The molecule has 0 amide bonds. The Morgan fingerprint density at radius 1 is 0.486 bits per heavy atom. The van der Waals surface area contributed by atoms with Crippen LogP contribution in [0.3, 0.4) is 0 Å². The molecule has 0 aliphatic rings. The van der Waals surface area contributed by atoms with Gasteiger partial charge in [-0.25, -0.2) is 0 Å². The monoisotopic (exact) mass is 491 g/mol. The van der Waals surface area contributed by atoms with Crippen molar-refractivity contribution in [3.8, 4) is 0 Å². The predicted octanol–water partition coefficient (Wildman–Crippen LogP) is 10.6. The van der Waals surface area contributed by atoms with Gasteiger partial charge in [-0.05, 0) is 53.2 Å². The minimum Gasteiger partial charge on any atom is -0.456 e. The molecule has 0 bridgehead atoms. The standard InChI is InChI=1S/C34H21NOS/c1-2-11-23(12-3-1)35(27-15-8-18-30-32(27)25-14-6-7-17-29(25)36-30)28-16-9-19-31-33(28)26-21-20-22-10-4-5-13-24(22)34(26)37-31/h1-21H. The molecule has 8 aromatic rings. The smallest absolute Gasteiger partial charge is 0.137 e. The Bertz CT molecular complexity index is 2100. The van der Waals surface area contributed by atoms with Gasteiger partial charge in [0, 0.05) is 31.2 Å². The zero-order valence-electron chi connectivity index (χ0n) is 19.9. The highest BCUT2D eigenvalue weighted by molar-refractivity contribution is 7.26. The van der Waals surface area contributed by atoms with Crippen LogP contribution in [0.5, 0.6) is 0 Å². The molecule has 0 aliphatic heterocycles. The Balaban J connectivity index is 1.51. The number of benzene rings is 6. The SMILES string of the molecule is c1ccc(N(c2cccc3oc4ccccc4c23)c2cccc3sc4c5ccccc5ccc4c23)cc1. The second-order valence-electron chi connectivity index (χ2n) is 9.34. The van der Waals surface area contributed by atoms with Crippen LogP contribution in [0.2, 0.25) is 0 Å². The average Bonchev–Trinajstić information content (AvgIpc) is 3.53. The third-order valence-corrected chi connectivity index (χ3v) is 8.45. The first kappa shape index (κ1) is 20.6. The Hall–Kier alpha value is -4.60. The molecule has 0 radical (unpaired) electrons. The van der Waals surface area contributed by atoms with Crippen LogP contribution in [0.1, 0.15) is 0 Å². The van der Waals surface area contributed by atoms with Gasteiger partial charge in [0.2, 0.25) is 0 Å². The molecule has 0 aliphatic carbocycles. The van der Waals surface area contributed by atoms with Gasteiger partial charge in [-0.3, -0.25) is 0 Å². The third kappa shape index (κ3) is 3.05. The van der Waals surface area contributed by atoms with Crippen molar-refractivity contribution in [2.75, 3.05) is 4.90 Å². The van der Waals surface area contributed by atoms with E-state index < -0.39 is 0 Å². The number of anilines is 3. The zero-order chi connectivity index (χ0) is 24.3. The van der Waals surface area contributed by atoms with Crippen molar-refractivity contribution in [3.63, 3.8) is 0 Å². The van der Waals surface area contributed by atoms with Gasteiger partial charge in [0.1, 0.15) is 11.2 Å². The van der Waals surface area contributed by atoms with Gasteiger partial charge in [-0.1, -0.05) is 84.9 Å². The van der Waals surface area contributed by atoms with E-state index in [0.29, 0.717) is 0 Å². The highest BCUT2D eigenvalue weighted by Gasteiger charge is 2.22. The van der Waals surface area contributed by atoms with Crippen molar-refractivity contribution in [1.82, 2.24) is 0 Å². The molecule has 0 unspecified atom stereocenters. The van der Waals surface area contributed by atoms with Crippen LogP contribution in [0.25, 0.3) is 52.9 Å². The van der Waals surface area contributed by atoms with Crippen LogP contribution in [0, 0.1) is 0 Å². The number of para-hydroxylation sites is 2. The summed E-state index contributed by atoms with van der Waals surface area (Å²) in [6.45, 7) is 0. The molecule has 2 nitrogen and oxygen atoms in total. The fourth-order valence-corrected chi connectivity index (χ4v) is 6.91. The van der Waals surface area contributed by atoms with Crippen molar-refractivity contribution in [3.05, 3.63) is 127 Å². The maximum absolute atomic E-state index is 6.28. The van der Waals surface area contributed by atoms with Gasteiger partial charge in [0.05, 0.1) is 16.8 Å². The summed E-state index contributed by atoms with van der Waals surface area (Å²) >= 11 is 1.88. The molecule has 0 saturated carbocycles. The van der Waals surface area contributed by atoms with Crippen LogP contribution in [-0.2, 0) is 0 Å². The topological polar surface area (TPSA) is 16.4 Å². The molecule has 174 valence electrons. The van der Waals surface area contributed by atoms with Gasteiger partial charge in [-0.15, -0.1) is 11.3 Å². The molecule has 2 heterocycles. The molecule has 6 aromatic carbocycles. The maximum atomic E-state index is 6.28.